The molecule has 38 heavy (non-hydrogen) atoms. The molecule has 0 aliphatic rings. The molecule has 5 aromatic rings. The molecule has 196 valence electrons. The lowest BCUT2D eigenvalue weighted by molar-refractivity contribution is 0.0547. The SMILES string of the molecule is NCCOCCOCCNc1nc(NCc2ccc(F)cc2)nc(-c2cccc3c2oc2ccccc23)n1. The van der Waals surface area contributed by atoms with Gasteiger partial charge in [0.15, 0.2) is 5.82 Å². The van der Waals surface area contributed by atoms with Crippen LogP contribution in [0.5, 0.6) is 0 Å². The molecule has 0 fully saturated rings. The van der Waals surface area contributed by atoms with E-state index in [2.05, 4.69) is 25.6 Å². The summed E-state index contributed by atoms with van der Waals surface area (Å²) in [6, 6.07) is 20.1. The fraction of sp³-hybridized carbons (Fsp3) is 0.250. The summed E-state index contributed by atoms with van der Waals surface area (Å²) in [6.07, 6.45) is 0. The summed E-state index contributed by atoms with van der Waals surface area (Å²) in [5.74, 6) is 0.957. The number of rotatable bonds is 13. The number of furan rings is 1. The van der Waals surface area contributed by atoms with E-state index in [1.807, 2.05) is 42.5 Å². The van der Waals surface area contributed by atoms with Crippen LogP contribution in [-0.2, 0) is 16.0 Å². The number of hydrogen-bond donors (Lipinski definition) is 3. The molecule has 9 nitrogen and oxygen atoms in total. The van der Waals surface area contributed by atoms with Crippen LogP contribution >= 0.6 is 0 Å². The van der Waals surface area contributed by atoms with E-state index >= 15 is 0 Å². The Morgan fingerprint density at radius 2 is 1.50 bits per heavy atom. The molecule has 10 heteroatoms. The standard InChI is InChI=1S/C28H29FN6O3/c29-20-10-8-19(9-11-20)18-32-28-34-26(33-27(35-28)31-13-15-37-17-16-36-14-12-30)23-6-3-5-22-21-4-1-2-7-24(21)38-25(22)23/h1-11H,12-18,30H2,(H2,31,32,33,34,35). The number of halogens is 1. The first kappa shape index (κ1) is 25.5. The highest BCUT2D eigenvalue weighted by molar-refractivity contribution is 6.09. The molecule has 0 spiro atoms. The highest BCUT2D eigenvalue weighted by atomic mass is 19.1. The van der Waals surface area contributed by atoms with Crippen LogP contribution in [0, 0.1) is 5.82 Å². The number of nitrogens with zero attached hydrogens (tertiary/aromatic N) is 3. The smallest absolute Gasteiger partial charge is 0.228 e. The summed E-state index contributed by atoms with van der Waals surface area (Å²) < 4.78 is 30.4. The summed E-state index contributed by atoms with van der Waals surface area (Å²) in [6.45, 7) is 3.33. The minimum absolute atomic E-state index is 0.283. The fourth-order valence-corrected chi connectivity index (χ4v) is 4.00. The van der Waals surface area contributed by atoms with Crippen LogP contribution in [0.4, 0.5) is 16.3 Å². The van der Waals surface area contributed by atoms with E-state index < -0.39 is 0 Å². The monoisotopic (exact) mass is 516 g/mol. The maximum Gasteiger partial charge on any atom is 0.228 e. The number of benzene rings is 3. The van der Waals surface area contributed by atoms with Crippen LogP contribution in [-0.4, -0.2) is 54.5 Å². The molecular formula is C28H29FN6O3. The quantitative estimate of drug-likeness (QED) is 0.193. The molecule has 0 saturated carbocycles. The molecule has 0 saturated heterocycles. The number of ether oxygens (including phenoxy) is 2. The van der Waals surface area contributed by atoms with E-state index in [4.69, 9.17) is 19.6 Å². The molecule has 0 aliphatic carbocycles. The van der Waals surface area contributed by atoms with Gasteiger partial charge in [-0.25, -0.2) is 4.39 Å². The number of anilines is 2. The lowest BCUT2D eigenvalue weighted by Gasteiger charge is -2.11. The summed E-state index contributed by atoms with van der Waals surface area (Å²) >= 11 is 0. The number of para-hydroxylation sites is 2. The Kier molecular flexibility index (Phi) is 8.34. The summed E-state index contributed by atoms with van der Waals surface area (Å²) in [5, 5.41) is 8.44. The third-order valence-electron chi connectivity index (χ3n) is 5.81. The van der Waals surface area contributed by atoms with Gasteiger partial charge in [0, 0.05) is 30.4 Å². The van der Waals surface area contributed by atoms with Crippen LogP contribution in [0.2, 0.25) is 0 Å². The molecule has 0 aliphatic heterocycles. The van der Waals surface area contributed by atoms with Crippen LogP contribution in [0.15, 0.2) is 71.1 Å². The van der Waals surface area contributed by atoms with Crippen LogP contribution in [0.25, 0.3) is 33.3 Å². The zero-order chi connectivity index (χ0) is 26.2. The van der Waals surface area contributed by atoms with Crippen molar-refractivity contribution in [3.63, 3.8) is 0 Å². The Labute approximate surface area is 219 Å². The molecule has 0 unspecified atom stereocenters. The molecule has 2 heterocycles. The second-order valence-electron chi connectivity index (χ2n) is 8.51. The molecular weight excluding hydrogens is 487 g/mol. The number of nitrogens with two attached hydrogens (primary N) is 1. The largest absolute Gasteiger partial charge is 0.455 e. The minimum atomic E-state index is -0.283. The van der Waals surface area contributed by atoms with Crippen molar-refractivity contribution in [3.8, 4) is 11.4 Å². The van der Waals surface area contributed by atoms with Crippen molar-refractivity contribution < 1.29 is 18.3 Å². The maximum atomic E-state index is 13.3. The Balaban J connectivity index is 1.38. The summed E-state index contributed by atoms with van der Waals surface area (Å²) in [4.78, 5) is 13.9. The number of fused-ring (bicyclic) bond motifs is 3. The molecule has 3 aromatic carbocycles. The second-order valence-corrected chi connectivity index (χ2v) is 8.51. The number of nitrogens with one attached hydrogen (secondary N) is 2. The lowest BCUT2D eigenvalue weighted by Crippen LogP contribution is -2.16. The first-order valence-corrected chi connectivity index (χ1v) is 12.5. The third kappa shape index (κ3) is 6.23. The first-order valence-electron chi connectivity index (χ1n) is 12.5. The van der Waals surface area contributed by atoms with Gasteiger partial charge in [0.1, 0.15) is 17.0 Å². The van der Waals surface area contributed by atoms with E-state index in [-0.39, 0.29) is 5.82 Å². The van der Waals surface area contributed by atoms with E-state index in [9.17, 15) is 4.39 Å². The summed E-state index contributed by atoms with van der Waals surface area (Å²) in [7, 11) is 0. The van der Waals surface area contributed by atoms with Crippen molar-refractivity contribution >= 4 is 33.8 Å². The number of aromatic nitrogens is 3. The average Bonchev–Trinajstić information content (AvgIpc) is 3.33. The average molecular weight is 517 g/mol. The fourth-order valence-electron chi connectivity index (χ4n) is 4.00. The zero-order valence-corrected chi connectivity index (χ0v) is 20.8. The number of hydrogen-bond acceptors (Lipinski definition) is 9. The normalized spacial score (nSPS) is 11.3. The van der Waals surface area contributed by atoms with E-state index in [0.717, 1.165) is 27.5 Å². The predicted molar refractivity (Wildman–Crippen MR) is 145 cm³/mol. The highest BCUT2D eigenvalue weighted by Crippen LogP contribution is 2.34. The van der Waals surface area contributed by atoms with Crippen LogP contribution < -0.4 is 16.4 Å². The highest BCUT2D eigenvalue weighted by Gasteiger charge is 2.16. The van der Waals surface area contributed by atoms with Gasteiger partial charge < -0.3 is 30.3 Å². The van der Waals surface area contributed by atoms with Crippen LogP contribution in [0.3, 0.4) is 0 Å². The van der Waals surface area contributed by atoms with Gasteiger partial charge in [0.2, 0.25) is 11.9 Å². The molecule has 0 bridgehead atoms. The van der Waals surface area contributed by atoms with Gasteiger partial charge in [-0.05, 0) is 29.8 Å². The zero-order valence-electron chi connectivity index (χ0n) is 20.8. The van der Waals surface area contributed by atoms with Gasteiger partial charge in [0.05, 0.1) is 32.0 Å². The van der Waals surface area contributed by atoms with Gasteiger partial charge in [-0.1, -0.05) is 42.5 Å². The van der Waals surface area contributed by atoms with E-state index in [1.165, 1.54) is 12.1 Å². The van der Waals surface area contributed by atoms with Gasteiger partial charge in [0.25, 0.3) is 0 Å². The van der Waals surface area contributed by atoms with Gasteiger partial charge >= 0.3 is 0 Å². The van der Waals surface area contributed by atoms with Crippen molar-refractivity contribution in [2.45, 2.75) is 6.54 Å². The Bertz CT molecular complexity index is 1490. The van der Waals surface area contributed by atoms with Crippen molar-refractivity contribution in [3.05, 3.63) is 78.1 Å². The van der Waals surface area contributed by atoms with Crippen molar-refractivity contribution in [1.82, 2.24) is 15.0 Å². The van der Waals surface area contributed by atoms with Gasteiger partial charge in [-0.2, -0.15) is 15.0 Å². The van der Waals surface area contributed by atoms with E-state index in [0.29, 0.717) is 69.4 Å². The van der Waals surface area contributed by atoms with Gasteiger partial charge in [-0.15, -0.1) is 0 Å². The molecule has 0 atom stereocenters. The van der Waals surface area contributed by atoms with E-state index in [1.54, 1.807) is 12.1 Å². The topological polar surface area (TPSA) is 120 Å². The van der Waals surface area contributed by atoms with Crippen molar-refractivity contribution in [1.29, 1.82) is 0 Å². The molecule has 2 aromatic heterocycles. The molecule has 0 amide bonds. The minimum Gasteiger partial charge on any atom is -0.455 e. The first-order chi connectivity index (χ1) is 18.7. The Morgan fingerprint density at radius 1 is 0.763 bits per heavy atom. The third-order valence-corrected chi connectivity index (χ3v) is 5.81. The lowest BCUT2D eigenvalue weighted by atomic mass is 10.1. The molecule has 4 N–H and O–H groups in total. The second kappa shape index (κ2) is 12.4. The maximum absolute atomic E-state index is 13.3. The van der Waals surface area contributed by atoms with Crippen LogP contribution in [0.1, 0.15) is 5.56 Å². The van der Waals surface area contributed by atoms with Crippen molar-refractivity contribution in [2.24, 2.45) is 5.73 Å². The Morgan fingerprint density at radius 3 is 2.32 bits per heavy atom. The van der Waals surface area contributed by atoms with Gasteiger partial charge in [-0.3, -0.25) is 0 Å². The predicted octanol–water partition coefficient (Wildman–Crippen LogP) is 4.59. The molecule has 0 radical (unpaired) electrons. The Hall–Kier alpha value is -4.12. The molecule has 5 rings (SSSR count). The van der Waals surface area contributed by atoms with Crippen molar-refractivity contribution in [2.75, 3.05) is 50.2 Å². The summed E-state index contributed by atoms with van der Waals surface area (Å²) in [5.41, 5.74) is 8.56.